The van der Waals surface area contributed by atoms with Crippen molar-refractivity contribution in [2.45, 2.75) is 46.4 Å². The Morgan fingerprint density at radius 3 is 2.86 bits per heavy atom. The first kappa shape index (κ1) is 15.6. The number of nitrogens with one attached hydrogen (secondary N) is 1. The van der Waals surface area contributed by atoms with Gasteiger partial charge in [0.2, 0.25) is 0 Å². The van der Waals surface area contributed by atoms with Gasteiger partial charge in [-0.05, 0) is 30.5 Å². The maximum absolute atomic E-state index is 5.80. The van der Waals surface area contributed by atoms with E-state index in [4.69, 9.17) is 4.74 Å². The van der Waals surface area contributed by atoms with Crippen LogP contribution in [0.25, 0.3) is 0 Å². The molecule has 0 radical (unpaired) electrons. The van der Waals surface area contributed by atoms with Crippen LogP contribution in [0.3, 0.4) is 0 Å². The van der Waals surface area contributed by atoms with Gasteiger partial charge < -0.3 is 10.1 Å². The lowest BCUT2D eigenvalue weighted by atomic mass is 10.1. The zero-order valence-corrected chi connectivity index (χ0v) is 13.0. The zero-order chi connectivity index (χ0) is 14.9. The third kappa shape index (κ3) is 5.23. The van der Waals surface area contributed by atoms with Crippen molar-refractivity contribution in [1.82, 2.24) is 15.1 Å². The molecule has 0 atom stereocenters. The summed E-state index contributed by atoms with van der Waals surface area (Å²) < 4.78 is 7.71. The van der Waals surface area contributed by atoms with E-state index < -0.39 is 0 Å². The topological polar surface area (TPSA) is 39.1 Å². The van der Waals surface area contributed by atoms with E-state index in [1.54, 1.807) is 6.20 Å². The lowest BCUT2D eigenvalue weighted by Gasteiger charge is -2.07. The summed E-state index contributed by atoms with van der Waals surface area (Å²) in [6, 6.07) is 8.52. The van der Waals surface area contributed by atoms with Crippen LogP contribution < -0.4 is 10.1 Å². The number of aryl methyl sites for hydroxylation is 1. The molecule has 0 spiro atoms. The fraction of sp³-hybridized carbons (Fsp3) is 0.471. The molecule has 1 aromatic heterocycles. The van der Waals surface area contributed by atoms with Crippen LogP contribution in [0.2, 0.25) is 0 Å². The van der Waals surface area contributed by atoms with Crippen molar-refractivity contribution < 1.29 is 4.74 Å². The molecule has 0 amide bonds. The van der Waals surface area contributed by atoms with Gasteiger partial charge in [-0.3, -0.25) is 4.68 Å². The van der Waals surface area contributed by atoms with Crippen LogP contribution in [0.1, 0.15) is 37.8 Å². The molecule has 0 fully saturated rings. The number of hydrogen-bond acceptors (Lipinski definition) is 3. The molecule has 0 saturated heterocycles. The van der Waals surface area contributed by atoms with E-state index in [9.17, 15) is 0 Å². The van der Waals surface area contributed by atoms with E-state index in [2.05, 4.69) is 48.5 Å². The van der Waals surface area contributed by atoms with Crippen LogP contribution in [-0.2, 0) is 19.7 Å². The van der Waals surface area contributed by atoms with Crippen molar-refractivity contribution >= 4 is 0 Å². The minimum atomic E-state index is 0.583. The Morgan fingerprint density at radius 2 is 2.05 bits per heavy atom. The molecule has 0 aliphatic heterocycles. The second-order valence-corrected chi connectivity index (χ2v) is 5.22. The maximum Gasteiger partial charge on any atom is 0.157 e. The highest BCUT2D eigenvalue weighted by Gasteiger charge is 2.01. The average molecular weight is 287 g/mol. The van der Waals surface area contributed by atoms with Gasteiger partial charge in [0.1, 0.15) is 6.61 Å². The van der Waals surface area contributed by atoms with Crippen LogP contribution in [0, 0.1) is 0 Å². The third-order valence-electron chi connectivity index (χ3n) is 3.22. The number of hydrogen-bond donors (Lipinski definition) is 1. The van der Waals surface area contributed by atoms with Crippen molar-refractivity contribution in [3.05, 3.63) is 47.8 Å². The first-order valence-electron chi connectivity index (χ1n) is 7.75. The van der Waals surface area contributed by atoms with Gasteiger partial charge in [0.25, 0.3) is 0 Å². The van der Waals surface area contributed by atoms with Gasteiger partial charge >= 0.3 is 0 Å². The van der Waals surface area contributed by atoms with E-state index in [0.717, 1.165) is 38.2 Å². The summed E-state index contributed by atoms with van der Waals surface area (Å²) in [6.45, 7) is 7.80. The molecule has 1 N–H and O–H groups in total. The largest absolute Gasteiger partial charge is 0.486 e. The predicted octanol–water partition coefficient (Wildman–Crippen LogP) is 3.37. The van der Waals surface area contributed by atoms with Crippen molar-refractivity contribution in [3.8, 4) is 5.75 Å². The Kier molecular flexibility index (Phi) is 6.28. The van der Waals surface area contributed by atoms with Gasteiger partial charge in [0.05, 0.1) is 12.4 Å². The first-order valence-corrected chi connectivity index (χ1v) is 7.75. The number of aromatic nitrogens is 2. The van der Waals surface area contributed by atoms with Gasteiger partial charge in [-0.15, -0.1) is 0 Å². The number of ether oxygens (including phenoxy) is 1. The monoisotopic (exact) mass is 287 g/mol. The van der Waals surface area contributed by atoms with Crippen LogP contribution in [-0.4, -0.2) is 16.3 Å². The van der Waals surface area contributed by atoms with Gasteiger partial charge in [-0.25, -0.2) is 0 Å². The van der Waals surface area contributed by atoms with Crippen molar-refractivity contribution in [3.63, 3.8) is 0 Å². The van der Waals surface area contributed by atoms with Crippen molar-refractivity contribution in [2.24, 2.45) is 0 Å². The standard InChI is InChI=1S/C17H25N3O/c1-3-8-18-11-15-6-5-7-16(10-15)14-21-17-12-19-20(13-17)9-4-2/h5-7,10,12-13,18H,3-4,8-9,11,14H2,1-2H3. The van der Waals surface area contributed by atoms with Gasteiger partial charge in [-0.1, -0.05) is 38.1 Å². The molecule has 0 bridgehead atoms. The van der Waals surface area contributed by atoms with E-state index in [0.29, 0.717) is 6.61 Å². The Morgan fingerprint density at radius 1 is 1.19 bits per heavy atom. The summed E-state index contributed by atoms with van der Waals surface area (Å²) in [7, 11) is 0. The molecule has 4 heteroatoms. The lowest BCUT2D eigenvalue weighted by molar-refractivity contribution is 0.305. The van der Waals surface area contributed by atoms with E-state index in [1.807, 2.05) is 10.9 Å². The first-order chi connectivity index (χ1) is 10.3. The fourth-order valence-corrected chi connectivity index (χ4v) is 2.18. The summed E-state index contributed by atoms with van der Waals surface area (Å²) in [4.78, 5) is 0. The van der Waals surface area contributed by atoms with Crippen LogP contribution in [0.4, 0.5) is 0 Å². The molecule has 2 aromatic rings. The molecule has 2 rings (SSSR count). The molecule has 21 heavy (non-hydrogen) atoms. The number of nitrogens with zero attached hydrogens (tertiary/aromatic N) is 2. The predicted molar refractivity (Wildman–Crippen MR) is 85.3 cm³/mol. The Labute approximate surface area is 127 Å². The maximum atomic E-state index is 5.80. The summed E-state index contributed by atoms with van der Waals surface area (Å²) >= 11 is 0. The number of benzene rings is 1. The Balaban J connectivity index is 1.85. The molecule has 1 heterocycles. The van der Waals surface area contributed by atoms with Crippen molar-refractivity contribution in [2.75, 3.05) is 6.54 Å². The SMILES string of the molecule is CCCNCc1cccc(COc2cnn(CCC)c2)c1. The van der Waals surface area contributed by atoms with Crippen LogP contribution in [0.15, 0.2) is 36.7 Å². The van der Waals surface area contributed by atoms with Gasteiger partial charge in [0.15, 0.2) is 5.75 Å². The molecule has 0 saturated carbocycles. The molecule has 114 valence electrons. The molecular formula is C17H25N3O. The summed E-state index contributed by atoms with van der Waals surface area (Å²) in [5.41, 5.74) is 2.49. The highest BCUT2D eigenvalue weighted by atomic mass is 16.5. The Bertz CT molecular complexity index is 536. The summed E-state index contributed by atoms with van der Waals surface area (Å²) in [6.07, 6.45) is 5.97. The second-order valence-electron chi connectivity index (χ2n) is 5.22. The quantitative estimate of drug-likeness (QED) is 0.719. The van der Waals surface area contributed by atoms with Gasteiger partial charge in [-0.2, -0.15) is 5.10 Å². The van der Waals surface area contributed by atoms with Gasteiger partial charge in [0, 0.05) is 13.1 Å². The minimum Gasteiger partial charge on any atom is -0.486 e. The Hall–Kier alpha value is -1.81. The molecule has 0 unspecified atom stereocenters. The van der Waals surface area contributed by atoms with E-state index >= 15 is 0 Å². The molecular weight excluding hydrogens is 262 g/mol. The van der Waals surface area contributed by atoms with Crippen LogP contribution in [0.5, 0.6) is 5.75 Å². The van der Waals surface area contributed by atoms with E-state index in [1.165, 1.54) is 11.1 Å². The highest BCUT2D eigenvalue weighted by molar-refractivity contribution is 5.23. The smallest absolute Gasteiger partial charge is 0.157 e. The van der Waals surface area contributed by atoms with Crippen LogP contribution >= 0.6 is 0 Å². The van der Waals surface area contributed by atoms with E-state index in [-0.39, 0.29) is 0 Å². The average Bonchev–Trinajstić information content (AvgIpc) is 2.94. The fourth-order valence-electron chi connectivity index (χ4n) is 2.18. The molecule has 0 aliphatic rings. The summed E-state index contributed by atoms with van der Waals surface area (Å²) in [5.74, 6) is 0.831. The third-order valence-corrected chi connectivity index (χ3v) is 3.22. The zero-order valence-electron chi connectivity index (χ0n) is 13.0. The second kappa shape index (κ2) is 8.47. The normalized spacial score (nSPS) is 10.8. The summed E-state index contributed by atoms with van der Waals surface area (Å²) in [5, 5.41) is 7.68. The molecule has 0 aliphatic carbocycles. The number of rotatable bonds is 9. The lowest BCUT2D eigenvalue weighted by Crippen LogP contribution is -2.13. The molecule has 1 aromatic carbocycles. The minimum absolute atomic E-state index is 0.583. The molecule has 4 nitrogen and oxygen atoms in total. The highest BCUT2D eigenvalue weighted by Crippen LogP contribution is 2.13. The van der Waals surface area contributed by atoms with Crippen molar-refractivity contribution in [1.29, 1.82) is 0 Å².